The van der Waals surface area contributed by atoms with Gasteiger partial charge in [-0.1, -0.05) is 25.0 Å². The summed E-state index contributed by atoms with van der Waals surface area (Å²) in [4.78, 5) is 17.5. The lowest BCUT2D eigenvalue weighted by molar-refractivity contribution is -0.123. The second-order valence-electron chi connectivity index (χ2n) is 9.37. The highest BCUT2D eigenvalue weighted by molar-refractivity contribution is 8.03. The Labute approximate surface area is 183 Å². The summed E-state index contributed by atoms with van der Waals surface area (Å²) in [6, 6.07) is 8.36. The average molecular weight is 428 g/mol. The summed E-state index contributed by atoms with van der Waals surface area (Å²) >= 11 is 1.93. The number of aromatic nitrogens is 2. The van der Waals surface area contributed by atoms with Crippen molar-refractivity contribution in [2.45, 2.75) is 61.5 Å². The Morgan fingerprint density at radius 2 is 1.87 bits per heavy atom. The Kier molecular flexibility index (Phi) is 5.44. The molecule has 3 aliphatic rings. The summed E-state index contributed by atoms with van der Waals surface area (Å²) in [5.41, 5.74) is 1.11. The molecular weight excluding hydrogens is 394 g/mol. The summed E-state index contributed by atoms with van der Waals surface area (Å²) in [5.74, 6) is 1.39. The summed E-state index contributed by atoms with van der Waals surface area (Å²) in [5, 5.41) is 12.3. The molecule has 2 aliphatic heterocycles. The Balaban J connectivity index is 1.06. The van der Waals surface area contributed by atoms with Crippen LogP contribution in [0.3, 0.4) is 0 Å². The van der Waals surface area contributed by atoms with Crippen LogP contribution in [0.1, 0.15) is 51.9 Å². The fraction of sp³-hybridized carbons (Fsp3) is 0.652. The number of aromatic amines is 1. The fourth-order valence-corrected chi connectivity index (χ4v) is 7.31. The van der Waals surface area contributed by atoms with Crippen LogP contribution >= 0.6 is 11.8 Å². The van der Waals surface area contributed by atoms with E-state index in [0.717, 1.165) is 63.3 Å². The van der Waals surface area contributed by atoms with Crippen molar-refractivity contribution in [2.75, 3.05) is 37.6 Å². The Bertz CT molecular complexity index is 900. The number of fused-ring (bicyclic) bond motifs is 1. The first-order valence-electron chi connectivity index (χ1n) is 11.5. The average Bonchev–Trinajstić information content (AvgIpc) is 3.45. The van der Waals surface area contributed by atoms with E-state index in [1.165, 1.54) is 31.1 Å². The first-order valence-corrected chi connectivity index (χ1v) is 12.3. The van der Waals surface area contributed by atoms with Gasteiger partial charge in [-0.05, 0) is 57.7 Å². The molecule has 6 nitrogen and oxygen atoms in total. The minimum atomic E-state index is -0.110. The van der Waals surface area contributed by atoms with Crippen LogP contribution in [-0.4, -0.2) is 63.3 Å². The van der Waals surface area contributed by atoms with E-state index < -0.39 is 0 Å². The molecular formula is C23H33N5OS. The van der Waals surface area contributed by atoms with E-state index in [1.807, 2.05) is 17.8 Å². The lowest BCUT2D eigenvalue weighted by atomic mass is 10.1. The molecule has 1 atom stereocenters. The smallest absolute Gasteiger partial charge is 0.237 e. The van der Waals surface area contributed by atoms with Crippen molar-refractivity contribution in [3.05, 3.63) is 24.3 Å². The minimum Gasteiger partial charge on any atom is -0.352 e. The molecule has 1 amide bonds. The number of thioether (sulfide) groups is 1. The van der Waals surface area contributed by atoms with Crippen molar-refractivity contribution in [2.24, 2.45) is 0 Å². The lowest BCUT2D eigenvalue weighted by Gasteiger charge is -2.35. The number of nitrogens with one attached hydrogen (secondary N) is 2. The highest BCUT2D eigenvalue weighted by atomic mass is 32.2. The van der Waals surface area contributed by atoms with Crippen LogP contribution < -0.4 is 10.2 Å². The van der Waals surface area contributed by atoms with E-state index in [0.29, 0.717) is 5.91 Å². The number of rotatable bonds is 6. The molecule has 1 aliphatic carbocycles. The molecule has 162 valence electrons. The highest BCUT2D eigenvalue weighted by Crippen LogP contribution is 2.52. The zero-order chi connectivity index (χ0) is 20.6. The molecule has 0 radical (unpaired) electrons. The van der Waals surface area contributed by atoms with Gasteiger partial charge in [-0.2, -0.15) is 5.10 Å². The van der Waals surface area contributed by atoms with Gasteiger partial charge in [0.1, 0.15) is 0 Å². The maximum absolute atomic E-state index is 12.6. The van der Waals surface area contributed by atoms with Crippen molar-refractivity contribution in [1.29, 1.82) is 0 Å². The van der Waals surface area contributed by atoms with E-state index in [-0.39, 0.29) is 9.62 Å². The van der Waals surface area contributed by atoms with Gasteiger partial charge in [0.25, 0.3) is 0 Å². The molecule has 3 fully saturated rings. The van der Waals surface area contributed by atoms with Crippen LogP contribution in [0.25, 0.3) is 10.9 Å². The van der Waals surface area contributed by atoms with Crippen LogP contribution in [0.2, 0.25) is 0 Å². The summed E-state index contributed by atoms with van der Waals surface area (Å²) in [6.07, 6.45) is 7.98. The van der Waals surface area contributed by atoms with Gasteiger partial charge in [0.15, 0.2) is 5.82 Å². The van der Waals surface area contributed by atoms with Gasteiger partial charge in [0.05, 0.1) is 15.1 Å². The molecule has 3 heterocycles. The zero-order valence-corrected chi connectivity index (χ0v) is 18.8. The van der Waals surface area contributed by atoms with E-state index >= 15 is 0 Å². The molecule has 2 N–H and O–H groups in total. The lowest BCUT2D eigenvalue weighted by Crippen LogP contribution is -2.47. The largest absolute Gasteiger partial charge is 0.352 e. The second-order valence-corrected chi connectivity index (χ2v) is 11.3. The van der Waals surface area contributed by atoms with Gasteiger partial charge in [0.2, 0.25) is 5.91 Å². The molecule has 0 bridgehead atoms. The number of nitrogens with zero attached hydrogens (tertiary/aromatic N) is 3. The third-order valence-corrected chi connectivity index (χ3v) is 8.86. The number of benzene rings is 1. The SMILES string of the molecule is CC1(CCCCN2CCN(c3n[nH]c4ccccc34)CC2)NC(=O)C2(CCCC2)S1. The molecule has 2 saturated heterocycles. The van der Waals surface area contributed by atoms with Crippen LogP contribution in [0.4, 0.5) is 5.82 Å². The van der Waals surface area contributed by atoms with Crippen LogP contribution in [0.15, 0.2) is 24.3 Å². The maximum atomic E-state index is 12.6. The number of piperazine rings is 1. The number of H-pyrrole nitrogens is 1. The van der Waals surface area contributed by atoms with E-state index in [2.05, 4.69) is 50.4 Å². The molecule has 30 heavy (non-hydrogen) atoms. The van der Waals surface area contributed by atoms with Gasteiger partial charge in [0, 0.05) is 31.6 Å². The fourth-order valence-electron chi connectivity index (χ4n) is 5.42. The number of para-hydroxylation sites is 1. The van der Waals surface area contributed by atoms with Crippen LogP contribution in [-0.2, 0) is 4.79 Å². The van der Waals surface area contributed by atoms with Gasteiger partial charge in [-0.3, -0.25) is 14.8 Å². The topological polar surface area (TPSA) is 64.3 Å². The van der Waals surface area contributed by atoms with Gasteiger partial charge in [-0.25, -0.2) is 0 Å². The predicted molar refractivity (Wildman–Crippen MR) is 124 cm³/mol. The van der Waals surface area contributed by atoms with Crippen molar-refractivity contribution in [3.8, 4) is 0 Å². The monoisotopic (exact) mass is 427 g/mol. The molecule has 1 aromatic carbocycles. The molecule has 2 aromatic rings. The van der Waals surface area contributed by atoms with E-state index in [4.69, 9.17) is 0 Å². The normalized spacial score (nSPS) is 26.7. The quantitative estimate of drug-likeness (QED) is 0.688. The first-order chi connectivity index (χ1) is 14.6. The number of amides is 1. The third kappa shape index (κ3) is 3.82. The molecule has 5 rings (SSSR count). The molecule has 1 aromatic heterocycles. The number of hydrogen-bond donors (Lipinski definition) is 2. The van der Waals surface area contributed by atoms with Crippen molar-refractivity contribution in [3.63, 3.8) is 0 Å². The molecule has 7 heteroatoms. The van der Waals surface area contributed by atoms with Crippen molar-refractivity contribution in [1.82, 2.24) is 20.4 Å². The number of carbonyl (C=O) groups is 1. The van der Waals surface area contributed by atoms with Gasteiger partial charge < -0.3 is 10.2 Å². The number of anilines is 1. The highest BCUT2D eigenvalue weighted by Gasteiger charge is 2.53. The first kappa shape index (κ1) is 20.2. The molecule has 1 saturated carbocycles. The number of unbranched alkanes of at least 4 members (excludes halogenated alkanes) is 1. The van der Waals surface area contributed by atoms with Crippen LogP contribution in [0.5, 0.6) is 0 Å². The van der Waals surface area contributed by atoms with Crippen molar-refractivity contribution < 1.29 is 4.79 Å². The van der Waals surface area contributed by atoms with Gasteiger partial charge >= 0.3 is 0 Å². The molecule has 1 unspecified atom stereocenters. The summed E-state index contributed by atoms with van der Waals surface area (Å²) < 4.78 is -0.110. The second kappa shape index (κ2) is 8.08. The maximum Gasteiger partial charge on any atom is 0.237 e. The predicted octanol–water partition coefficient (Wildman–Crippen LogP) is 3.75. The number of carbonyl (C=O) groups excluding carboxylic acids is 1. The Hall–Kier alpha value is -1.73. The van der Waals surface area contributed by atoms with Gasteiger partial charge in [-0.15, -0.1) is 11.8 Å². The third-order valence-electron chi connectivity index (χ3n) is 7.12. The summed E-state index contributed by atoms with van der Waals surface area (Å²) in [6.45, 7) is 7.62. The minimum absolute atomic E-state index is 0.0683. The zero-order valence-electron chi connectivity index (χ0n) is 18.0. The van der Waals surface area contributed by atoms with E-state index in [1.54, 1.807) is 0 Å². The van der Waals surface area contributed by atoms with E-state index in [9.17, 15) is 4.79 Å². The van der Waals surface area contributed by atoms with Crippen molar-refractivity contribution >= 4 is 34.4 Å². The number of hydrogen-bond acceptors (Lipinski definition) is 5. The Morgan fingerprint density at radius 1 is 1.10 bits per heavy atom. The van der Waals surface area contributed by atoms with Crippen LogP contribution in [0, 0.1) is 0 Å². The standard InChI is InChI=1S/C23H33N5OS/c1-22(24-21(29)23(30-22)11-4-5-12-23)10-6-7-13-27-14-16-28(17-15-27)20-18-8-2-3-9-19(18)25-26-20/h2-3,8-9H,4-7,10-17H2,1H3,(H,24,29)(H,25,26). The summed E-state index contributed by atoms with van der Waals surface area (Å²) in [7, 11) is 0. The Morgan fingerprint density at radius 3 is 2.67 bits per heavy atom. The molecule has 1 spiro atoms.